The molecule has 1 aromatic rings. The third-order valence-electron chi connectivity index (χ3n) is 3.07. The Morgan fingerprint density at radius 2 is 2.19 bits per heavy atom. The van der Waals surface area contributed by atoms with Gasteiger partial charge >= 0.3 is 5.97 Å². The van der Waals surface area contributed by atoms with Crippen molar-refractivity contribution in [2.75, 3.05) is 5.73 Å². The molecule has 1 aliphatic carbocycles. The van der Waals surface area contributed by atoms with Crippen LogP contribution in [0.3, 0.4) is 0 Å². The SMILES string of the molecule is Nc1cc(C(CC(=O)O)C2CC2)ccc1O. The number of nitrogens with two attached hydrogens (primary N) is 1. The number of nitrogen functional groups attached to an aromatic ring is 1. The summed E-state index contributed by atoms with van der Waals surface area (Å²) in [7, 11) is 0. The third-order valence-corrected chi connectivity index (χ3v) is 3.07. The summed E-state index contributed by atoms with van der Waals surface area (Å²) in [5.41, 5.74) is 6.84. The zero-order valence-corrected chi connectivity index (χ0v) is 8.89. The molecule has 2 rings (SSSR count). The lowest BCUT2D eigenvalue weighted by Crippen LogP contribution is -2.08. The van der Waals surface area contributed by atoms with Gasteiger partial charge in [-0.2, -0.15) is 0 Å². The van der Waals surface area contributed by atoms with Gasteiger partial charge in [0.05, 0.1) is 12.1 Å². The predicted octanol–water partition coefficient (Wildman–Crippen LogP) is 1.94. The van der Waals surface area contributed by atoms with Crippen LogP contribution in [0.5, 0.6) is 5.75 Å². The first kappa shape index (κ1) is 10.8. The van der Waals surface area contributed by atoms with Crippen LogP contribution in [0.2, 0.25) is 0 Å². The molecule has 0 saturated heterocycles. The molecule has 4 nitrogen and oxygen atoms in total. The summed E-state index contributed by atoms with van der Waals surface area (Å²) in [5, 5.41) is 18.2. The molecular weight excluding hydrogens is 206 g/mol. The molecule has 1 atom stereocenters. The lowest BCUT2D eigenvalue weighted by molar-refractivity contribution is -0.137. The molecule has 16 heavy (non-hydrogen) atoms. The van der Waals surface area contributed by atoms with Gasteiger partial charge in [-0.05, 0) is 42.4 Å². The fourth-order valence-electron chi connectivity index (χ4n) is 2.05. The Hall–Kier alpha value is -1.71. The molecule has 0 bridgehead atoms. The van der Waals surface area contributed by atoms with Gasteiger partial charge in [0.25, 0.3) is 0 Å². The third kappa shape index (κ3) is 2.27. The number of phenolic OH excluding ortho intramolecular Hbond substituents is 1. The Bertz CT molecular complexity index is 413. The van der Waals surface area contributed by atoms with Crippen molar-refractivity contribution < 1.29 is 15.0 Å². The van der Waals surface area contributed by atoms with Crippen LogP contribution >= 0.6 is 0 Å². The maximum Gasteiger partial charge on any atom is 0.303 e. The van der Waals surface area contributed by atoms with Crippen LogP contribution in [-0.2, 0) is 4.79 Å². The van der Waals surface area contributed by atoms with E-state index >= 15 is 0 Å². The molecule has 4 N–H and O–H groups in total. The molecule has 1 aromatic carbocycles. The van der Waals surface area contributed by atoms with Crippen LogP contribution in [0.15, 0.2) is 18.2 Å². The Kier molecular flexibility index (Phi) is 2.73. The molecule has 0 heterocycles. The number of hydrogen-bond acceptors (Lipinski definition) is 3. The number of aromatic hydroxyl groups is 1. The summed E-state index contributed by atoms with van der Waals surface area (Å²) < 4.78 is 0. The second-order valence-electron chi connectivity index (χ2n) is 4.36. The lowest BCUT2D eigenvalue weighted by atomic mass is 9.90. The number of rotatable bonds is 4. The monoisotopic (exact) mass is 221 g/mol. The van der Waals surface area contributed by atoms with Crippen LogP contribution in [0, 0.1) is 5.92 Å². The van der Waals surface area contributed by atoms with Crippen molar-refractivity contribution in [2.24, 2.45) is 5.92 Å². The van der Waals surface area contributed by atoms with Gasteiger partial charge in [-0.3, -0.25) is 4.79 Å². The summed E-state index contributed by atoms with van der Waals surface area (Å²) in [6, 6.07) is 4.97. The zero-order valence-electron chi connectivity index (χ0n) is 8.89. The highest BCUT2D eigenvalue weighted by molar-refractivity contribution is 5.68. The highest BCUT2D eigenvalue weighted by atomic mass is 16.4. The Morgan fingerprint density at radius 3 is 2.69 bits per heavy atom. The number of aliphatic carboxylic acids is 1. The second-order valence-corrected chi connectivity index (χ2v) is 4.36. The van der Waals surface area contributed by atoms with Gasteiger partial charge in [0.2, 0.25) is 0 Å². The first-order chi connectivity index (χ1) is 7.58. The van der Waals surface area contributed by atoms with E-state index in [0.29, 0.717) is 11.6 Å². The maximum atomic E-state index is 10.8. The van der Waals surface area contributed by atoms with Crippen molar-refractivity contribution >= 4 is 11.7 Å². The van der Waals surface area contributed by atoms with E-state index in [1.54, 1.807) is 12.1 Å². The number of anilines is 1. The standard InChI is InChI=1S/C12H15NO3/c13-10-5-8(3-4-11(10)14)9(6-12(15)16)7-1-2-7/h3-5,7,9,14H,1-2,6,13H2,(H,15,16). The van der Waals surface area contributed by atoms with Gasteiger partial charge in [0.1, 0.15) is 5.75 Å². The first-order valence-corrected chi connectivity index (χ1v) is 5.38. The molecule has 1 aliphatic rings. The van der Waals surface area contributed by atoms with Crippen molar-refractivity contribution in [3.8, 4) is 5.75 Å². The highest BCUT2D eigenvalue weighted by Crippen LogP contribution is 2.45. The molecule has 0 spiro atoms. The van der Waals surface area contributed by atoms with Crippen LogP contribution < -0.4 is 5.73 Å². The van der Waals surface area contributed by atoms with E-state index in [4.69, 9.17) is 10.8 Å². The molecule has 0 aliphatic heterocycles. The highest BCUT2D eigenvalue weighted by Gasteiger charge is 2.33. The zero-order chi connectivity index (χ0) is 11.7. The smallest absolute Gasteiger partial charge is 0.303 e. The Balaban J connectivity index is 2.24. The maximum absolute atomic E-state index is 10.8. The van der Waals surface area contributed by atoms with E-state index in [1.807, 2.05) is 0 Å². The summed E-state index contributed by atoms with van der Waals surface area (Å²) in [4.78, 5) is 10.8. The van der Waals surface area contributed by atoms with Gasteiger partial charge in [-0.1, -0.05) is 6.07 Å². The molecule has 0 amide bonds. The molecule has 0 aromatic heterocycles. The van der Waals surface area contributed by atoms with Gasteiger partial charge in [0.15, 0.2) is 0 Å². The fourth-order valence-corrected chi connectivity index (χ4v) is 2.05. The lowest BCUT2D eigenvalue weighted by Gasteiger charge is -2.15. The largest absolute Gasteiger partial charge is 0.506 e. The Morgan fingerprint density at radius 1 is 1.50 bits per heavy atom. The van der Waals surface area contributed by atoms with E-state index in [1.165, 1.54) is 6.07 Å². The summed E-state index contributed by atoms with van der Waals surface area (Å²) in [6.07, 6.45) is 2.30. The average molecular weight is 221 g/mol. The number of carbonyl (C=O) groups is 1. The van der Waals surface area contributed by atoms with Crippen molar-refractivity contribution in [3.05, 3.63) is 23.8 Å². The van der Waals surface area contributed by atoms with Crippen LogP contribution in [0.1, 0.15) is 30.7 Å². The second kappa shape index (κ2) is 4.04. The topological polar surface area (TPSA) is 83.6 Å². The van der Waals surface area contributed by atoms with Crippen LogP contribution in [0.4, 0.5) is 5.69 Å². The van der Waals surface area contributed by atoms with Crippen molar-refractivity contribution in [1.82, 2.24) is 0 Å². The molecule has 86 valence electrons. The van der Waals surface area contributed by atoms with Crippen LogP contribution in [0.25, 0.3) is 0 Å². The number of carboxylic acids is 1. The number of phenols is 1. The minimum Gasteiger partial charge on any atom is -0.506 e. The predicted molar refractivity (Wildman–Crippen MR) is 60.2 cm³/mol. The number of carboxylic acid groups (broad SMARTS) is 1. The fraction of sp³-hybridized carbons (Fsp3) is 0.417. The van der Waals surface area contributed by atoms with Gasteiger partial charge in [-0.15, -0.1) is 0 Å². The minimum absolute atomic E-state index is 0.0281. The van der Waals surface area contributed by atoms with E-state index < -0.39 is 5.97 Å². The normalized spacial score (nSPS) is 17.0. The minimum atomic E-state index is -0.788. The van der Waals surface area contributed by atoms with Gasteiger partial charge < -0.3 is 15.9 Å². The van der Waals surface area contributed by atoms with E-state index in [0.717, 1.165) is 18.4 Å². The van der Waals surface area contributed by atoms with Crippen molar-refractivity contribution in [1.29, 1.82) is 0 Å². The summed E-state index contributed by atoms with van der Waals surface area (Å²) in [6.45, 7) is 0. The molecule has 1 saturated carbocycles. The van der Waals surface area contributed by atoms with Gasteiger partial charge in [0, 0.05) is 0 Å². The molecule has 1 unspecified atom stereocenters. The van der Waals surface area contributed by atoms with Crippen molar-refractivity contribution in [3.63, 3.8) is 0 Å². The molecule has 0 radical (unpaired) electrons. The molecular formula is C12H15NO3. The molecule has 4 heteroatoms. The summed E-state index contributed by atoms with van der Waals surface area (Å²) >= 11 is 0. The number of benzene rings is 1. The Labute approximate surface area is 93.7 Å². The molecule has 1 fully saturated rings. The van der Waals surface area contributed by atoms with Crippen molar-refractivity contribution in [2.45, 2.75) is 25.2 Å². The van der Waals surface area contributed by atoms with E-state index in [2.05, 4.69) is 0 Å². The first-order valence-electron chi connectivity index (χ1n) is 5.38. The quantitative estimate of drug-likeness (QED) is 0.536. The van der Waals surface area contributed by atoms with Gasteiger partial charge in [-0.25, -0.2) is 0 Å². The number of hydrogen-bond donors (Lipinski definition) is 3. The average Bonchev–Trinajstić information content (AvgIpc) is 3.02. The summed E-state index contributed by atoms with van der Waals surface area (Å²) in [5.74, 6) is -0.252. The van der Waals surface area contributed by atoms with Crippen LogP contribution in [-0.4, -0.2) is 16.2 Å². The van der Waals surface area contributed by atoms with E-state index in [-0.39, 0.29) is 18.1 Å². The van der Waals surface area contributed by atoms with E-state index in [9.17, 15) is 9.90 Å².